The zero-order valence-electron chi connectivity index (χ0n) is 20.3. The Morgan fingerprint density at radius 2 is 1.67 bits per heavy atom. The van der Waals surface area contributed by atoms with Crippen LogP contribution in [0.1, 0.15) is 48.0 Å². The van der Waals surface area contributed by atoms with E-state index in [2.05, 4.69) is 10.4 Å². The molecule has 0 aliphatic heterocycles. The van der Waals surface area contributed by atoms with Gasteiger partial charge in [-0.15, -0.1) is 0 Å². The quantitative estimate of drug-likeness (QED) is 0.434. The maximum Gasteiger partial charge on any atom is 0.407 e. The van der Waals surface area contributed by atoms with E-state index in [1.165, 1.54) is 0 Å². The van der Waals surface area contributed by atoms with Gasteiger partial charge in [0.05, 0.1) is 6.20 Å². The van der Waals surface area contributed by atoms with E-state index in [-0.39, 0.29) is 6.61 Å². The van der Waals surface area contributed by atoms with Crippen molar-refractivity contribution in [2.75, 3.05) is 13.2 Å². The highest BCUT2D eigenvalue weighted by Crippen LogP contribution is 2.22. The molecule has 0 radical (unpaired) electrons. The van der Waals surface area contributed by atoms with Gasteiger partial charge in [0.25, 0.3) is 0 Å². The molecule has 0 fully saturated rings. The van der Waals surface area contributed by atoms with Crippen molar-refractivity contribution in [1.29, 1.82) is 0 Å². The molecule has 0 bridgehead atoms. The average molecular weight is 462 g/mol. The van der Waals surface area contributed by atoms with Crippen LogP contribution in [-0.4, -0.2) is 57.4 Å². The van der Waals surface area contributed by atoms with Crippen LogP contribution >= 0.6 is 0 Å². The van der Waals surface area contributed by atoms with Crippen molar-refractivity contribution in [3.8, 4) is 16.9 Å². The van der Waals surface area contributed by atoms with E-state index in [0.717, 1.165) is 11.1 Å². The summed E-state index contributed by atoms with van der Waals surface area (Å²) in [4.78, 5) is 23.5. The Kier molecular flexibility index (Phi) is 8.87. The molecule has 2 rings (SSSR count). The Bertz CT molecular complexity index is 910. The summed E-state index contributed by atoms with van der Waals surface area (Å²) in [6, 6.07) is 7.28. The van der Waals surface area contributed by atoms with Crippen LogP contribution in [0.3, 0.4) is 0 Å². The zero-order chi connectivity index (χ0) is 24.6. The van der Waals surface area contributed by atoms with Gasteiger partial charge in [0, 0.05) is 24.8 Å². The molecule has 2 N–H and O–H groups in total. The Labute approximate surface area is 195 Å². The van der Waals surface area contributed by atoms with Gasteiger partial charge >= 0.3 is 12.1 Å². The zero-order valence-corrected chi connectivity index (χ0v) is 20.3. The number of carbonyl (C=O) groups is 2. The first-order valence-electron chi connectivity index (χ1n) is 11.0. The number of alkyl carbamates (subject to hydrolysis) is 1. The van der Waals surface area contributed by atoms with Gasteiger partial charge in [-0.1, -0.05) is 12.1 Å². The van der Waals surface area contributed by atoms with Gasteiger partial charge in [0.2, 0.25) is 0 Å². The Hall–Kier alpha value is -3.07. The highest BCUT2D eigenvalue weighted by atomic mass is 16.6. The number of esters is 1. The third-order valence-electron chi connectivity index (χ3n) is 4.14. The van der Waals surface area contributed by atoms with Gasteiger partial charge < -0.3 is 24.6 Å². The first-order chi connectivity index (χ1) is 15.3. The number of rotatable bonds is 9. The van der Waals surface area contributed by atoms with Crippen LogP contribution in [0.2, 0.25) is 0 Å². The van der Waals surface area contributed by atoms with Crippen molar-refractivity contribution in [2.24, 2.45) is 0 Å². The van der Waals surface area contributed by atoms with E-state index in [1.807, 2.05) is 43.8 Å². The van der Waals surface area contributed by atoms with Gasteiger partial charge in [0.15, 0.2) is 6.10 Å². The highest BCUT2D eigenvalue weighted by Gasteiger charge is 2.23. The van der Waals surface area contributed by atoms with E-state index in [9.17, 15) is 14.7 Å². The normalized spacial score (nSPS) is 12.7. The monoisotopic (exact) mass is 461 g/mol. The van der Waals surface area contributed by atoms with Crippen LogP contribution in [0.15, 0.2) is 36.7 Å². The number of ether oxygens (including phenoxy) is 3. The minimum absolute atomic E-state index is 0.191. The molecule has 2 aromatic rings. The summed E-state index contributed by atoms with van der Waals surface area (Å²) in [5.41, 5.74) is 0.710. The molecule has 0 unspecified atom stereocenters. The Balaban J connectivity index is 1.78. The molecule has 1 aromatic carbocycles. The number of carbonyl (C=O) groups excluding carboxylic acids is 2. The molecule has 9 nitrogen and oxygen atoms in total. The highest BCUT2D eigenvalue weighted by molar-refractivity contribution is 5.75. The first-order valence-corrected chi connectivity index (χ1v) is 11.0. The minimum atomic E-state index is -1.35. The summed E-state index contributed by atoms with van der Waals surface area (Å²) < 4.78 is 17.6. The predicted molar refractivity (Wildman–Crippen MR) is 124 cm³/mol. The topological polar surface area (TPSA) is 112 Å². The largest absolute Gasteiger partial charge is 0.490 e. The molecule has 0 saturated carbocycles. The average Bonchev–Trinajstić information content (AvgIpc) is 3.16. The lowest BCUT2D eigenvalue weighted by atomic mass is 10.1. The SMILES string of the molecule is CC(C)(C)OC(=O)NCCCn1cc(-c2ccc(OC[C@H](O)C(=O)OC(C)(C)C)cc2)cn1. The fraction of sp³-hybridized carbons (Fsp3) is 0.542. The van der Waals surface area contributed by atoms with Crippen LogP contribution in [-0.2, 0) is 20.8 Å². The Morgan fingerprint density at radius 1 is 1.03 bits per heavy atom. The smallest absolute Gasteiger partial charge is 0.407 e. The van der Waals surface area contributed by atoms with Crippen LogP contribution < -0.4 is 10.1 Å². The van der Waals surface area contributed by atoms with Crippen molar-refractivity contribution in [2.45, 2.75) is 71.8 Å². The van der Waals surface area contributed by atoms with Crippen LogP contribution in [0.5, 0.6) is 5.75 Å². The van der Waals surface area contributed by atoms with E-state index < -0.39 is 29.4 Å². The van der Waals surface area contributed by atoms with Gasteiger partial charge in [-0.3, -0.25) is 4.68 Å². The van der Waals surface area contributed by atoms with E-state index in [4.69, 9.17) is 14.2 Å². The summed E-state index contributed by atoms with van der Waals surface area (Å²) in [6.07, 6.45) is 2.63. The van der Waals surface area contributed by atoms with Gasteiger partial charge in [-0.2, -0.15) is 5.10 Å². The summed E-state index contributed by atoms with van der Waals surface area (Å²) in [7, 11) is 0. The number of aliphatic hydroxyl groups excluding tert-OH is 1. The maximum absolute atomic E-state index is 11.8. The Morgan fingerprint density at radius 3 is 2.27 bits per heavy atom. The van der Waals surface area contributed by atoms with E-state index in [1.54, 1.807) is 39.1 Å². The lowest BCUT2D eigenvalue weighted by molar-refractivity contribution is -0.166. The predicted octanol–water partition coefficient (Wildman–Crippen LogP) is 3.55. The molecule has 0 spiro atoms. The summed E-state index contributed by atoms with van der Waals surface area (Å²) in [6.45, 7) is 11.6. The molecule has 0 aliphatic carbocycles. The van der Waals surface area contributed by atoms with Gasteiger partial charge in [0.1, 0.15) is 23.6 Å². The lowest BCUT2D eigenvalue weighted by Crippen LogP contribution is -2.35. The molecular weight excluding hydrogens is 426 g/mol. The molecule has 0 saturated heterocycles. The first kappa shape index (κ1) is 26.2. The standard InChI is InChI=1S/C24H35N3O6/c1-23(2,3)32-21(29)20(28)16-31-19-10-8-17(9-11-19)18-14-26-27(15-18)13-7-12-25-22(30)33-24(4,5)6/h8-11,14-15,20,28H,7,12-13,16H2,1-6H3,(H,25,30)/t20-/m0/s1. The van der Waals surface area contributed by atoms with Crippen molar-refractivity contribution in [1.82, 2.24) is 15.1 Å². The van der Waals surface area contributed by atoms with E-state index in [0.29, 0.717) is 25.3 Å². The molecule has 9 heteroatoms. The van der Waals surface area contributed by atoms with Crippen LogP contribution in [0.25, 0.3) is 11.1 Å². The molecule has 1 aromatic heterocycles. The third-order valence-corrected chi connectivity index (χ3v) is 4.14. The summed E-state index contributed by atoms with van der Waals surface area (Å²) in [5.74, 6) is -0.185. The fourth-order valence-corrected chi connectivity index (χ4v) is 2.74. The molecule has 0 aliphatic rings. The number of nitrogens with zero attached hydrogens (tertiary/aromatic N) is 2. The van der Waals surface area contributed by atoms with Crippen molar-refractivity contribution < 1.29 is 28.9 Å². The number of nitrogens with one attached hydrogen (secondary N) is 1. The number of amides is 1. The van der Waals surface area contributed by atoms with Crippen LogP contribution in [0, 0.1) is 0 Å². The number of aromatic nitrogens is 2. The number of aryl methyl sites for hydroxylation is 1. The lowest BCUT2D eigenvalue weighted by Gasteiger charge is -2.21. The third kappa shape index (κ3) is 9.95. The number of benzene rings is 1. The second-order valence-corrected chi connectivity index (χ2v) is 9.66. The van der Waals surface area contributed by atoms with E-state index >= 15 is 0 Å². The van der Waals surface area contributed by atoms with Crippen molar-refractivity contribution >= 4 is 12.1 Å². The second-order valence-electron chi connectivity index (χ2n) is 9.66. The number of hydrogen-bond donors (Lipinski definition) is 2. The van der Waals surface area contributed by atoms with Crippen LogP contribution in [0.4, 0.5) is 4.79 Å². The fourth-order valence-electron chi connectivity index (χ4n) is 2.74. The number of aliphatic hydroxyl groups is 1. The maximum atomic E-state index is 11.8. The number of hydrogen-bond acceptors (Lipinski definition) is 7. The van der Waals surface area contributed by atoms with Gasteiger partial charge in [-0.05, 0) is 65.7 Å². The summed E-state index contributed by atoms with van der Waals surface area (Å²) >= 11 is 0. The second kappa shape index (κ2) is 11.2. The molecular formula is C24H35N3O6. The molecule has 1 heterocycles. The van der Waals surface area contributed by atoms with Crippen molar-refractivity contribution in [3.05, 3.63) is 36.7 Å². The molecule has 1 atom stereocenters. The minimum Gasteiger partial charge on any atom is -0.490 e. The van der Waals surface area contributed by atoms with Gasteiger partial charge in [-0.25, -0.2) is 9.59 Å². The molecule has 1 amide bonds. The summed E-state index contributed by atoms with van der Waals surface area (Å²) in [5, 5.41) is 17.0. The molecule has 33 heavy (non-hydrogen) atoms. The van der Waals surface area contributed by atoms with Crippen molar-refractivity contribution in [3.63, 3.8) is 0 Å². The molecule has 182 valence electrons.